The fraction of sp³-hybridized carbons (Fsp3) is 0.900. The molecule has 6 heteroatoms. The topological polar surface area (TPSA) is 74.2 Å². The molecule has 0 bridgehead atoms. The van der Waals surface area contributed by atoms with Gasteiger partial charge in [-0.15, -0.1) is 0 Å². The Hall–Kier alpha value is -1.21. The third kappa shape index (κ3) is 6.40. The Morgan fingerprint density at radius 3 is 1.48 bits per heavy atom. The summed E-state index contributed by atoms with van der Waals surface area (Å²) in [4.78, 5) is 14.2. The maximum Gasteiger partial charge on any atom is 0.307 e. The maximum atomic E-state index is 14.2. The first-order valence-electron chi connectivity index (χ1n) is 24.2. The summed E-state index contributed by atoms with van der Waals surface area (Å²) in [5.41, 5.74) is 4.23. The van der Waals surface area contributed by atoms with Crippen LogP contribution in [0.1, 0.15) is 169 Å². The van der Waals surface area contributed by atoms with E-state index in [1.165, 1.54) is 77.0 Å². The van der Waals surface area contributed by atoms with Crippen molar-refractivity contribution in [2.45, 2.75) is 194 Å². The van der Waals surface area contributed by atoms with Crippen LogP contribution in [0.3, 0.4) is 0 Å². The Labute approximate surface area is 339 Å². The van der Waals surface area contributed by atoms with Gasteiger partial charge in [-0.3, -0.25) is 4.79 Å². The zero-order chi connectivity index (χ0) is 38.5. The summed E-state index contributed by atoms with van der Waals surface area (Å²) in [5, 5.41) is 11.7. The van der Waals surface area contributed by atoms with Crippen LogP contribution in [0.25, 0.3) is 0 Å². The van der Waals surface area contributed by atoms with Gasteiger partial charge in [0.05, 0.1) is 18.1 Å². The van der Waals surface area contributed by atoms with Gasteiger partial charge in [0.1, 0.15) is 0 Å². The molecule has 0 aromatic rings. The van der Waals surface area contributed by atoms with Crippen LogP contribution in [-0.2, 0) is 23.7 Å². The number of allylic oxidation sites excluding steroid dienone is 2. The van der Waals surface area contributed by atoms with Gasteiger partial charge in [-0.2, -0.15) is 0 Å². The van der Waals surface area contributed by atoms with E-state index in [4.69, 9.17) is 18.9 Å². The fourth-order valence-electron chi connectivity index (χ4n) is 17.1. The van der Waals surface area contributed by atoms with Crippen molar-refractivity contribution in [3.8, 4) is 0 Å². The largest absolute Gasteiger partial charge is 0.481 e. The summed E-state index contributed by atoms with van der Waals surface area (Å²) < 4.78 is 27.0. The smallest absolute Gasteiger partial charge is 0.307 e. The molecule has 2 aliphatic heterocycles. The molecule has 0 aromatic heterocycles. The van der Waals surface area contributed by atoms with Crippen LogP contribution in [-0.4, -0.2) is 49.1 Å². The number of carbonyl (C=O) groups is 1. The normalized spacial score (nSPS) is 51.9. The number of aliphatic carboxylic acids is 1. The zero-order valence-corrected chi connectivity index (χ0v) is 35.6. The highest BCUT2D eigenvalue weighted by Crippen LogP contribution is 2.68. The van der Waals surface area contributed by atoms with Gasteiger partial charge in [0.25, 0.3) is 0 Å². The summed E-state index contributed by atoms with van der Waals surface area (Å²) in [7, 11) is 0. The van der Waals surface area contributed by atoms with E-state index < -0.39 is 11.9 Å². The molecule has 0 radical (unpaired) electrons. The Balaban J connectivity index is 1.02. The summed E-state index contributed by atoms with van der Waals surface area (Å²) in [6, 6.07) is 0. The lowest BCUT2D eigenvalue weighted by molar-refractivity contribution is -0.224. The fourth-order valence-corrected chi connectivity index (χ4v) is 17.1. The van der Waals surface area contributed by atoms with Gasteiger partial charge in [0, 0.05) is 25.0 Å². The summed E-state index contributed by atoms with van der Waals surface area (Å²) in [5.74, 6) is 2.83. The molecule has 6 saturated carbocycles. The van der Waals surface area contributed by atoms with Crippen molar-refractivity contribution in [1.29, 1.82) is 0 Å². The van der Waals surface area contributed by atoms with Crippen molar-refractivity contribution >= 4 is 5.97 Å². The van der Waals surface area contributed by atoms with Gasteiger partial charge < -0.3 is 24.1 Å². The van der Waals surface area contributed by atoms with Crippen molar-refractivity contribution in [2.75, 3.05) is 13.2 Å². The van der Waals surface area contributed by atoms with Crippen molar-refractivity contribution in [1.82, 2.24) is 0 Å². The molecule has 0 spiro atoms. The molecular weight excluding hydrogens is 697 g/mol. The Bertz CT molecular complexity index is 1430. The molecule has 2 saturated heterocycles. The number of fused-ring (bicyclic) bond motifs is 10. The van der Waals surface area contributed by atoms with Gasteiger partial charge in [-0.25, -0.2) is 0 Å². The second-order valence-corrected chi connectivity index (χ2v) is 22.6. The van der Waals surface area contributed by atoms with E-state index in [1.54, 1.807) is 11.1 Å². The molecule has 6 nitrogen and oxygen atoms in total. The molecule has 8 aliphatic carbocycles. The summed E-state index contributed by atoms with van der Waals surface area (Å²) in [6.45, 7) is 11.8. The Morgan fingerprint density at radius 2 is 1.07 bits per heavy atom. The first kappa shape index (κ1) is 39.0. The van der Waals surface area contributed by atoms with Crippen LogP contribution in [0.15, 0.2) is 23.3 Å². The van der Waals surface area contributed by atoms with Crippen LogP contribution in [0.4, 0.5) is 0 Å². The van der Waals surface area contributed by atoms with E-state index in [9.17, 15) is 9.90 Å². The van der Waals surface area contributed by atoms with Gasteiger partial charge in [-0.1, -0.05) is 63.8 Å². The molecule has 0 amide bonds. The molecule has 2 heterocycles. The van der Waals surface area contributed by atoms with E-state index in [1.807, 2.05) is 0 Å². The van der Waals surface area contributed by atoms with Crippen LogP contribution in [0.2, 0.25) is 0 Å². The summed E-state index contributed by atoms with van der Waals surface area (Å²) in [6.07, 6.45) is 30.6. The molecule has 17 atom stereocenters. The molecule has 8 fully saturated rings. The Morgan fingerprint density at radius 1 is 0.607 bits per heavy atom. The van der Waals surface area contributed by atoms with Gasteiger partial charge in [-0.05, 0) is 186 Å². The van der Waals surface area contributed by atoms with Crippen LogP contribution >= 0.6 is 0 Å². The molecule has 10 rings (SSSR count). The molecule has 0 aromatic carbocycles. The zero-order valence-electron chi connectivity index (χ0n) is 35.6. The second-order valence-electron chi connectivity index (χ2n) is 22.6. The quantitative estimate of drug-likeness (QED) is 0.260. The first-order chi connectivity index (χ1) is 27.0. The monoisotopic (exact) mass is 773 g/mol. The molecule has 10 aliphatic rings. The molecule has 312 valence electrons. The van der Waals surface area contributed by atoms with E-state index >= 15 is 0 Å². The SMILES string of the molecule is C[C@@]12CCCC1C1CCC3=CC(C(C(=O)O)[C@@H]4C=C5CCC6C7CCC[C@@]7(C)CCC6[C@@]5(C)CC4OC4CCCCO4)C(OC4CCCCO4)C[C@]3(C)C1CC2. The number of hydrogen-bond donors (Lipinski definition) is 1. The number of rotatable bonds is 7. The van der Waals surface area contributed by atoms with Crippen molar-refractivity contribution in [3.63, 3.8) is 0 Å². The lowest BCUT2D eigenvalue weighted by atomic mass is 9.45. The number of carboxylic acids is 1. The van der Waals surface area contributed by atoms with E-state index in [0.29, 0.717) is 22.7 Å². The van der Waals surface area contributed by atoms with E-state index in [2.05, 4.69) is 39.8 Å². The van der Waals surface area contributed by atoms with Gasteiger partial charge >= 0.3 is 5.97 Å². The Kier molecular flexibility index (Phi) is 10.3. The van der Waals surface area contributed by atoms with Crippen molar-refractivity contribution < 1.29 is 28.8 Å². The minimum atomic E-state index is -0.682. The minimum Gasteiger partial charge on any atom is -0.481 e. The molecule has 1 N–H and O–H groups in total. The van der Waals surface area contributed by atoms with Crippen LogP contribution in [0.5, 0.6) is 0 Å². The second kappa shape index (κ2) is 14.8. The molecule has 56 heavy (non-hydrogen) atoms. The van der Waals surface area contributed by atoms with Crippen LogP contribution in [0, 0.1) is 74.9 Å². The third-order valence-electron chi connectivity index (χ3n) is 20.0. The van der Waals surface area contributed by atoms with E-state index in [-0.39, 0.29) is 47.5 Å². The minimum absolute atomic E-state index is 0.0509. The van der Waals surface area contributed by atoms with Gasteiger partial charge in [0.2, 0.25) is 0 Å². The van der Waals surface area contributed by atoms with Crippen molar-refractivity contribution in [2.24, 2.45) is 74.9 Å². The first-order valence-corrected chi connectivity index (χ1v) is 24.2. The van der Waals surface area contributed by atoms with Gasteiger partial charge in [0.15, 0.2) is 12.6 Å². The standard InChI is InChI=1S/C50H76O6/c1-47-21-9-11-37(47)33-17-15-31-27-35(41(55-43-13-5-7-25-53-43)29-49(31,3)39(33)19-23-47)45(46(51)52)36-28-32-16-18-34-38-12-10-22-48(38,2)24-20-40(34)50(32,4)30-42(36)56-44-14-6-8-26-54-44/h27-28,33-45H,5-26,29-30H2,1-4H3,(H,51,52)/t33?,34?,35-,36?,37?,38?,39?,40?,41?,42?,43?,44?,45?,47+,48+,49+,50+/m1/s1. The van der Waals surface area contributed by atoms with Crippen LogP contribution < -0.4 is 0 Å². The predicted molar refractivity (Wildman–Crippen MR) is 218 cm³/mol. The highest BCUT2D eigenvalue weighted by atomic mass is 16.7. The maximum absolute atomic E-state index is 14.2. The molecule has 12 unspecified atom stereocenters. The number of carboxylic acid groups (broad SMARTS) is 1. The third-order valence-corrected chi connectivity index (χ3v) is 20.0. The lowest BCUT2D eigenvalue weighted by Crippen LogP contribution is -2.56. The van der Waals surface area contributed by atoms with E-state index in [0.717, 1.165) is 101 Å². The highest BCUT2D eigenvalue weighted by molar-refractivity contribution is 5.72. The predicted octanol–water partition coefficient (Wildman–Crippen LogP) is 11.7. The summed E-state index contributed by atoms with van der Waals surface area (Å²) >= 11 is 0. The average molecular weight is 773 g/mol. The number of ether oxygens (including phenoxy) is 4. The lowest BCUT2D eigenvalue weighted by Gasteiger charge is -2.60. The highest BCUT2D eigenvalue weighted by Gasteiger charge is 2.61. The van der Waals surface area contributed by atoms with Crippen molar-refractivity contribution in [3.05, 3.63) is 23.3 Å². The number of hydrogen-bond acceptors (Lipinski definition) is 5. The molecular formula is C50H76O6. The average Bonchev–Trinajstić information content (AvgIpc) is 3.78.